The minimum absolute atomic E-state index is 0.194. The van der Waals surface area contributed by atoms with Crippen molar-refractivity contribution < 1.29 is 8.78 Å². The molecule has 0 bridgehead atoms. The molecule has 180 valence electrons. The number of hydrogen-bond donors (Lipinski definition) is 1. The third kappa shape index (κ3) is 5.70. The first-order valence-corrected chi connectivity index (χ1v) is 11.9. The Morgan fingerprint density at radius 3 is 2.21 bits per heavy atom. The van der Waals surface area contributed by atoms with Gasteiger partial charge in [0, 0.05) is 13.1 Å². The molecule has 1 unspecified atom stereocenters. The molecule has 1 saturated heterocycles. The third-order valence-corrected chi connectivity index (χ3v) is 6.82. The topological polar surface area (TPSA) is 58.3 Å². The van der Waals surface area contributed by atoms with Crippen LogP contribution in [0.3, 0.4) is 0 Å². The van der Waals surface area contributed by atoms with E-state index in [4.69, 9.17) is 5.73 Å². The molecular formula is C27H33F2N5. The monoisotopic (exact) mass is 465 g/mol. The number of benzene rings is 2. The number of piperidine rings is 1. The van der Waals surface area contributed by atoms with E-state index in [9.17, 15) is 8.78 Å². The molecule has 0 amide bonds. The summed E-state index contributed by atoms with van der Waals surface area (Å²) >= 11 is 0. The lowest BCUT2D eigenvalue weighted by atomic mass is 9.77. The maximum Gasteiger partial charge on any atom is 0.142 e. The maximum atomic E-state index is 13.6. The van der Waals surface area contributed by atoms with Crippen molar-refractivity contribution in [2.24, 2.45) is 5.92 Å². The molecule has 1 aromatic heterocycles. The van der Waals surface area contributed by atoms with Crippen LogP contribution < -0.4 is 10.6 Å². The van der Waals surface area contributed by atoms with Gasteiger partial charge in [0.05, 0.1) is 5.56 Å². The molecular weight excluding hydrogens is 432 g/mol. The average Bonchev–Trinajstić information content (AvgIpc) is 2.83. The van der Waals surface area contributed by atoms with Crippen molar-refractivity contribution in [1.82, 2.24) is 14.9 Å². The summed E-state index contributed by atoms with van der Waals surface area (Å²) in [7, 11) is 4.19. The molecule has 1 aliphatic rings. The average molecular weight is 466 g/mol. The Labute approximate surface area is 200 Å². The predicted octanol–water partition coefficient (Wildman–Crippen LogP) is 5.35. The first kappa shape index (κ1) is 24.1. The van der Waals surface area contributed by atoms with Gasteiger partial charge in [0.15, 0.2) is 0 Å². The first-order chi connectivity index (χ1) is 16.4. The van der Waals surface area contributed by atoms with Gasteiger partial charge in [0.1, 0.15) is 29.6 Å². The lowest BCUT2D eigenvalue weighted by Crippen LogP contribution is -2.36. The molecule has 1 aliphatic heterocycles. The highest BCUT2D eigenvalue weighted by Crippen LogP contribution is 2.39. The van der Waals surface area contributed by atoms with E-state index in [-0.39, 0.29) is 11.6 Å². The van der Waals surface area contributed by atoms with E-state index in [1.807, 2.05) is 12.1 Å². The van der Waals surface area contributed by atoms with Gasteiger partial charge < -0.3 is 15.5 Å². The Balaban J connectivity index is 1.52. The molecule has 4 rings (SSSR count). The van der Waals surface area contributed by atoms with Crippen LogP contribution in [0, 0.1) is 17.6 Å². The summed E-state index contributed by atoms with van der Waals surface area (Å²) in [4.78, 5) is 13.2. The Morgan fingerprint density at radius 2 is 1.59 bits per heavy atom. The number of halogens is 2. The summed E-state index contributed by atoms with van der Waals surface area (Å²) in [6.07, 6.45) is 5.70. The van der Waals surface area contributed by atoms with Crippen molar-refractivity contribution in [2.45, 2.75) is 31.6 Å². The standard InChI is InChI=1S/C27H33F2N5/c1-33(2)15-3-4-24(19-5-9-22(28)10-6-19)20-13-16-34(17-14-20)27-25(26(30)31-18-32-27)21-7-11-23(29)12-8-21/h5-12,18,20,24H,3-4,13-17H2,1-2H3,(H2,30,31,32). The van der Waals surface area contributed by atoms with Gasteiger partial charge in [0.25, 0.3) is 0 Å². The fraction of sp³-hybridized carbons (Fsp3) is 0.407. The van der Waals surface area contributed by atoms with Crippen LogP contribution in [0.2, 0.25) is 0 Å². The summed E-state index contributed by atoms with van der Waals surface area (Å²) in [5, 5.41) is 0. The number of hydrogen-bond acceptors (Lipinski definition) is 5. The normalized spacial score (nSPS) is 15.6. The van der Waals surface area contributed by atoms with E-state index in [0.717, 1.165) is 62.3 Å². The molecule has 0 saturated carbocycles. The van der Waals surface area contributed by atoms with Gasteiger partial charge in [-0.2, -0.15) is 0 Å². The zero-order chi connectivity index (χ0) is 24.1. The van der Waals surface area contributed by atoms with Crippen molar-refractivity contribution in [3.8, 4) is 11.1 Å². The van der Waals surface area contributed by atoms with Crippen molar-refractivity contribution in [2.75, 3.05) is 44.4 Å². The highest BCUT2D eigenvalue weighted by Gasteiger charge is 2.29. The number of anilines is 2. The molecule has 0 aliphatic carbocycles. The Morgan fingerprint density at radius 1 is 0.971 bits per heavy atom. The predicted molar refractivity (Wildman–Crippen MR) is 134 cm³/mol. The zero-order valence-electron chi connectivity index (χ0n) is 19.9. The number of aromatic nitrogens is 2. The summed E-state index contributed by atoms with van der Waals surface area (Å²) in [6, 6.07) is 13.3. The van der Waals surface area contributed by atoms with Gasteiger partial charge in [-0.1, -0.05) is 24.3 Å². The van der Waals surface area contributed by atoms with Crippen LogP contribution in [0.15, 0.2) is 54.9 Å². The van der Waals surface area contributed by atoms with Gasteiger partial charge in [-0.3, -0.25) is 0 Å². The quantitative estimate of drug-likeness (QED) is 0.486. The van der Waals surface area contributed by atoms with Crippen LogP contribution >= 0.6 is 0 Å². The summed E-state index contributed by atoms with van der Waals surface area (Å²) < 4.78 is 27.0. The van der Waals surface area contributed by atoms with E-state index < -0.39 is 0 Å². The van der Waals surface area contributed by atoms with Crippen molar-refractivity contribution >= 4 is 11.6 Å². The summed E-state index contributed by atoms with van der Waals surface area (Å²) in [6.45, 7) is 2.74. The van der Waals surface area contributed by atoms with Gasteiger partial charge in [-0.05, 0) is 93.6 Å². The van der Waals surface area contributed by atoms with Gasteiger partial charge in [-0.15, -0.1) is 0 Å². The lowest BCUT2D eigenvalue weighted by molar-refractivity contribution is 0.306. The van der Waals surface area contributed by atoms with Gasteiger partial charge >= 0.3 is 0 Å². The van der Waals surface area contributed by atoms with Crippen molar-refractivity contribution in [3.63, 3.8) is 0 Å². The van der Waals surface area contributed by atoms with Crippen LogP contribution in [0.4, 0.5) is 20.4 Å². The zero-order valence-corrected chi connectivity index (χ0v) is 19.9. The molecule has 0 radical (unpaired) electrons. The minimum Gasteiger partial charge on any atom is -0.383 e. The molecule has 7 heteroatoms. The largest absolute Gasteiger partial charge is 0.383 e. The second-order valence-corrected chi connectivity index (χ2v) is 9.39. The fourth-order valence-electron chi connectivity index (χ4n) is 5.05. The summed E-state index contributed by atoms with van der Waals surface area (Å²) in [5.74, 6) is 1.62. The molecule has 3 aromatic rings. The number of nitrogen functional groups attached to an aromatic ring is 1. The molecule has 2 heterocycles. The van der Waals surface area contributed by atoms with Crippen LogP contribution in [0.25, 0.3) is 11.1 Å². The molecule has 1 fully saturated rings. The third-order valence-electron chi connectivity index (χ3n) is 6.82. The Bertz CT molecular complexity index is 1060. The van der Waals surface area contributed by atoms with E-state index >= 15 is 0 Å². The number of nitrogens with two attached hydrogens (primary N) is 1. The van der Waals surface area contributed by atoms with Crippen LogP contribution in [-0.2, 0) is 0 Å². The van der Waals surface area contributed by atoms with Crippen LogP contribution in [0.5, 0.6) is 0 Å². The van der Waals surface area contributed by atoms with Gasteiger partial charge in [-0.25, -0.2) is 18.7 Å². The fourth-order valence-corrected chi connectivity index (χ4v) is 5.05. The molecule has 0 spiro atoms. The van der Waals surface area contributed by atoms with Crippen molar-refractivity contribution in [3.05, 3.63) is 72.1 Å². The molecule has 2 N–H and O–H groups in total. The lowest BCUT2D eigenvalue weighted by Gasteiger charge is -2.38. The Kier molecular flexibility index (Phi) is 7.73. The number of rotatable bonds is 8. The molecule has 34 heavy (non-hydrogen) atoms. The number of nitrogens with zero attached hydrogens (tertiary/aromatic N) is 4. The second kappa shape index (κ2) is 10.9. The SMILES string of the molecule is CN(C)CCCC(c1ccc(F)cc1)C1CCN(c2ncnc(N)c2-c2ccc(F)cc2)CC1. The summed E-state index contributed by atoms with van der Waals surface area (Å²) in [5.41, 5.74) is 9.02. The molecule has 5 nitrogen and oxygen atoms in total. The van der Waals surface area contributed by atoms with E-state index in [1.165, 1.54) is 24.0 Å². The smallest absolute Gasteiger partial charge is 0.142 e. The first-order valence-electron chi connectivity index (χ1n) is 11.9. The second-order valence-electron chi connectivity index (χ2n) is 9.39. The molecule has 2 aromatic carbocycles. The van der Waals surface area contributed by atoms with E-state index in [0.29, 0.717) is 17.7 Å². The van der Waals surface area contributed by atoms with Gasteiger partial charge in [0.2, 0.25) is 0 Å². The highest BCUT2D eigenvalue weighted by atomic mass is 19.1. The minimum atomic E-state index is -0.289. The van der Waals surface area contributed by atoms with Crippen LogP contribution in [0.1, 0.15) is 37.2 Å². The van der Waals surface area contributed by atoms with E-state index in [1.54, 1.807) is 24.3 Å². The van der Waals surface area contributed by atoms with E-state index in [2.05, 4.69) is 33.9 Å². The highest BCUT2D eigenvalue weighted by molar-refractivity contribution is 5.84. The molecule has 1 atom stereocenters. The van der Waals surface area contributed by atoms with Crippen LogP contribution in [-0.4, -0.2) is 48.6 Å². The van der Waals surface area contributed by atoms with Crippen molar-refractivity contribution in [1.29, 1.82) is 0 Å². The Hall–Kier alpha value is -3.06. The maximum absolute atomic E-state index is 13.6.